The highest BCUT2D eigenvalue weighted by Crippen LogP contribution is 2.25. The van der Waals surface area contributed by atoms with Gasteiger partial charge in [-0.05, 0) is 75.3 Å². The van der Waals surface area contributed by atoms with E-state index >= 15 is 0 Å². The first-order valence-corrected chi connectivity index (χ1v) is 7.34. The molecular weight excluding hydrogens is 250 g/mol. The molecule has 1 aromatic carbocycles. The molecule has 20 heavy (non-hydrogen) atoms. The van der Waals surface area contributed by atoms with Crippen molar-refractivity contribution in [1.82, 2.24) is 5.32 Å². The molecule has 0 aliphatic carbocycles. The van der Waals surface area contributed by atoms with Crippen molar-refractivity contribution in [3.05, 3.63) is 33.4 Å². The molecule has 0 heterocycles. The number of rotatable bonds is 5. The molecule has 3 heteroatoms. The molecule has 0 radical (unpaired) electrons. The van der Waals surface area contributed by atoms with Crippen molar-refractivity contribution < 1.29 is 9.90 Å². The van der Waals surface area contributed by atoms with Crippen LogP contribution in [0.15, 0.2) is 0 Å². The summed E-state index contributed by atoms with van der Waals surface area (Å²) in [7, 11) is 0. The highest BCUT2D eigenvalue weighted by atomic mass is 16.3. The molecule has 112 valence electrons. The van der Waals surface area contributed by atoms with Crippen molar-refractivity contribution in [2.24, 2.45) is 0 Å². The van der Waals surface area contributed by atoms with Gasteiger partial charge in [-0.25, -0.2) is 0 Å². The summed E-state index contributed by atoms with van der Waals surface area (Å²) < 4.78 is 0. The van der Waals surface area contributed by atoms with Crippen molar-refractivity contribution in [2.75, 3.05) is 6.54 Å². The molecule has 0 spiro atoms. The van der Waals surface area contributed by atoms with Gasteiger partial charge in [-0.1, -0.05) is 6.92 Å². The van der Waals surface area contributed by atoms with Gasteiger partial charge in [0.05, 0.1) is 6.10 Å². The van der Waals surface area contributed by atoms with Gasteiger partial charge < -0.3 is 10.4 Å². The smallest absolute Gasteiger partial charge is 0.251 e. The molecule has 1 unspecified atom stereocenters. The minimum atomic E-state index is -0.334. The van der Waals surface area contributed by atoms with Gasteiger partial charge >= 0.3 is 0 Å². The predicted molar refractivity (Wildman–Crippen MR) is 83.4 cm³/mol. The zero-order valence-corrected chi connectivity index (χ0v) is 13.6. The molecule has 0 aliphatic heterocycles. The minimum Gasteiger partial charge on any atom is -0.393 e. The second kappa shape index (κ2) is 6.89. The highest BCUT2D eigenvalue weighted by Gasteiger charge is 2.17. The van der Waals surface area contributed by atoms with Gasteiger partial charge in [-0.2, -0.15) is 0 Å². The third kappa shape index (κ3) is 3.40. The Hall–Kier alpha value is -1.35. The van der Waals surface area contributed by atoms with Crippen LogP contribution in [0.5, 0.6) is 0 Å². The van der Waals surface area contributed by atoms with Crippen LogP contribution in [0.1, 0.15) is 57.9 Å². The van der Waals surface area contributed by atoms with Crippen LogP contribution < -0.4 is 5.32 Å². The first-order valence-electron chi connectivity index (χ1n) is 7.34. The van der Waals surface area contributed by atoms with E-state index in [2.05, 4.69) is 26.1 Å². The summed E-state index contributed by atoms with van der Waals surface area (Å²) in [6.07, 6.45) is 0.986. The lowest BCUT2D eigenvalue weighted by Crippen LogP contribution is -2.28. The van der Waals surface area contributed by atoms with E-state index in [1.54, 1.807) is 0 Å². The average molecular weight is 277 g/mol. The fraction of sp³-hybridized carbons (Fsp3) is 0.588. The topological polar surface area (TPSA) is 49.3 Å². The largest absolute Gasteiger partial charge is 0.393 e. The Kier molecular flexibility index (Phi) is 5.75. The van der Waals surface area contributed by atoms with E-state index in [-0.39, 0.29) is 12.0 Å². The third-order valence-electron chi connectivity index (χ3n) is 4.46. The van der Waals surface area contributed by atoms with Gasteiger partial charge in [0.15, 0.2) is 0 Å². The first kappa shape index (κ1) is 16.7. The molecule has 0 fully saturated rings. The Labute approximate surface area is 122 Å². The van der Waals surface area contributed by atoms with E-state index in [4.69, 9.17) is 0 Å². The zero-order chi connectivity index (χ0) is 15.4. The van der Waals surface area contributed by atoms with Crippen LogP contribution in [0.3, 0.4) is 0 Å². The van der Waals surface area contributed by atoms with E-state index in [0.29, 0.717) is 13.0 Å². The molecule has 1 rings (SSSR count). The summed E-state index contributed by atoms with van der Waals surface area (Å²) >= 11 is 0. The number of benzene rings is 1. The molecule has 1 aromatic rings. The second-order valence-electron chi connectivity index (χ2n) is 5.61. The van der Waals surface area contributed by atoms with Crippen LogP contribution >= 0.6 is 0 Å². The molecule has 0 saturated heterocycles. The van der Waals surface area contributed by atoms with Crippen molar-refractivity contribution in [1.29, 1.82) is 0 Å². The maximum Gasteiger partial charge on any atom is 0.251 e. The van der Waals surface area contributed by atoms with Crippen LogP contribution in [-0.2, 0) is 0 Å². The van der Waals surface area contributed by atoms with Crippen LogP contribution in [0, 0.1) is 34.6 Å². The molecule has 0 aliphatic rings. The fourth-order valence-corrected chi connectivity index (χ4v) is 2.49. The van der Waals surface area contributed by atoms with E-state index < -0.39 is 0 Å². The van der Waals surface area contributed by atoms with Crippen molar-refractivity contribution >= 4 is 5.91 Å². The van der Waals surface area contributed by atoms with E-state index in [0.717, 1.165) is 23.1 Å². The number of nitrogens with one attached hydrogen (secondary N) is 1. The lowest BCUT2D eigenvalue weighted by Gasteiger charge is -2.18. The summed E-state index contributed by atoms with van der Waals surface area (Å²) in [5, 5.41) is 12.4. The Morgan fingerprint density at radius 1 is 1.00 bits per heavy atom. The molecular formula is C17H27NO2. The molecule has 3 nitrogen and oxygen atoms in total. The molecule has 0 saturated carbocycles. The standard InChI is InChI=1S/C17H27NO2/c1-7-15(19)8-9-18-17(20)16-13(5)11(3)10(2)12(4)14(16)6/h15,19H,7-9H2,1-6H3,(H,18,20). The minimum absolute atomic E-state index is 0.0329. The van der Waals surface area contributed by atoms with Crippen LogP contribution in [-0.4, -0.2) is 23.7 Å². The van der Waals surface area contributed by atoms with Crippen molar-refractivity contribution in [3.8, 4) is 0 Å². The van der Waals surface area contributed by atoms with E-state index in [1.807, 2.05) is 20.8 Å². The lowest BCUT2D eigenvalue weighted by molar-refractivity contribution is 0.0940. The molecule has 2 N–H and O–H groups in total. The Morgan fingerprint density at radius 3 is 1.90 bits per heavy atom. The molecule has 1 amide bonds. The number of carbonyl (C=O) groups is 1. The second-order valence-corrected chi connectivity index (χ2v) is 5.61. The molecule has 0 bridgehead atoms. The number of hydrogen-bond donors (Lipinski definition) is 2. The Balaban J connectivity index is 2.94. The fourth-order valence-electron chi connectivity index (χ4n) is 2.49. The quantitative estimate of drug-likeness (QED) is 0.868. The number of carbonyl (C=O) groups excluding carboxylic acids is 1. The number of hydrogen-bond acceptors (Lipinski definition) is 2. The Bertz CT molecular complexity index is 477. The third-order valence-corrected chi connectivity index (χ3v) is 4.46. The van der Waals surface area contributed by atoms with Crippen LogP contribution in [0.2, 0.25) is 0 Å². The summed E-state index contributed by atoms with van der Waals surface area (Å²) in [6, 6.07) is 0. The number of amides is 1. The SMILES string of the molecule is CCC(O)CCNC(=O)c1c(C)c(C)c(C)c(C)c1C. The molecule has 0 aromatic heterocycles. The van der Waals surface area contributed by atoms with E-state index in [9.17, 15) is 9.90 Å². The summed E-state index contributed by atoms with van der Waals surface area (Å²) in [6.45, 7) is 12.7. The summed E-state index contributed by atoms with van der Waals surface area (Å²) in [5.41, 5.74) is 6.53. The van der Waals surface area contributed by atoms with Gasteiger partial charge in [0.25, 0.3) is 5.91 Å². The van der Waals surface area contributed by atoms with Crippen molar-refractivity contribution in [2.45, 2.75) is 60.5 Å². The van der Waals surface area contributed by atoms with Gasteiger partial charge in [0.1, 0.15) is 0 Å². The van der Waals surface area contributed by atoms with Gasteiger partial charge in [0, 0.05) is 12.1 Å². The summed E-state index contributed by atoms with van der Waals surface area (Å²) in [4.78, 5) is 12.4. The summed E-state index contributed by atoms with van der Waals surface area (Å²) in [5.74, 6) is -0.0329. The maximum absolute atomic E-state index is 12.4. The molecule has 1 atom stereocenters. The predicted octanol–water partition coefficient (Wildman–Crippen LogP) is 3.12. The normalized spacial score (nSPS) is 12.3. The monoisotopic (exact) mass is 277 g/mol. The first-order chi connectivity index (χ1) is 9.31. The number of aliphatic hydroxyl groups excluding tert-OH is 1. The maximum atomic E-state index is 12.4. The van der Waals surface area contributed by atoms with Gasteiger partial charge in [0.2, 0.25) is 0 Å². The van der Waals surface area contributed by atoms with Gasteiger partial charge in [-0.15, -0.1) is 0 Å². The Morgan fingerprint density at radius 2 is 1.45 bits per heavy atom. The average Bonchev–Trinajstić information content (AvgIpc) is 2.43. The lowest BCUT2D eigenvalue weighted by atomic mass is 9.89. The van der Waals surface area contributed by atoms with Crippen LogP contribution in [0.4, 0.5) is 0 Å². The highest BCUT2D eigenvalue weighted by molar-refractivity contribution is 5.98. The van der Waals surface area contributed by atoms with E-state index in [1.165, 1.54) is 16.7 Å². The number of aliphatic hydroxyl groups is 1. The van der Waals surface area contributed by atoms with Crippen LogP contribution in [0.25, 0.3) is 0 Å². The zero-order valence-electron chi connectivity index (χ0n) is 13.6. The van der Waals surface area contributed by atoms with Crippen molar-refractivity contribution in [3.63, 3.8) is 0 Å². The van der Waals surface area contributed by atoms with Gasteiger partial charge in [-0.3, -0.25) is 4.79 Å².